The lowest BCUT2D eigenvalue weighted by Crippen LogP contribution is -2.29. The minimum atomic E-state index is 0.225. The molecule has 0 radical (unpaired) electrons. The van der Waals surface area contributed by atoms with E-state index in [1.165, 1.54) is 10.3 Å². The third-order valence-electron chi connectivity index (χ3n) is 2.92. The first kappa shape index (κ1) is 12.5. The van der Waals surface area contributed by atoms with Gasteiger partial charge in [-0.05, 0) is 43.3 Å². The van der Waals surface area contributed by atoms with Gasteiger partial charge in [0.2, 0.25) is 0 Å². The van der Waals surface area contributed by atoms with Crippen molar-refractivity contribution in [2.75, 3.05) is 6.61 Å². The van der Waals surface area contributed by atoms with Gasteiger partial charge in [-0.2, -0.15) is 0 Å². The van der Waals surface area contributed by atoms with Gasteiger partial charge in [-0.25, -0.2) is 0 Å². The van der Waals surface area contributed by atoms with E-state index in [4.69, 9.17) is 5.11 Å². The Morgan fingerprint density at radius 3 is 3.06 bits per heavy atom. The molecule has 0 aliphatic heterocycles. The third-order valence-corrected chi connectivity index (χ3v) is 3.77. The van der Waals surface area contributed by atoms with Crippen molar-refractivity contribution in [1.82, 2.24) is 10.3 Å². The molecular weight excluding hydrogens is 232 g/mol. The monoisotopic (exact) mass is 250 g/mol. The standard InChI is InChI=1S/C13H18N2OS/c1-9(3-5-16)15-10(2)11-7-13-12(14-8-11)4-6-17-13/h4,6-10,15-16H,3,5H2,1-2H3/t9-,10?/m1/s1. The Hall–Kier alpha value is -0.970. The van der Waals surface area contributed by atoms with Gasteiger partial charge in [0.25, 0.3) is 0 Å². The molecular formula is C13H18N2OS. The largest absolute Gasteiger partial charge is 0.396 e. The Morgan fingerprint density at radius 1 is 1.47 bits per heavy atom. The summed E-state index contributed by atoms with van der Waals surface area (Å²) >= 11 is 1.72. The number of aliphatic hydroxyl groups excluding tert-OH is 1. The van der Waals surface area contributed by atoms with E-state index in [2.05, 4.69) is 35.6 Å². The van der Waals surface area contributed by atoms with Crippen molar-refractivity contribution in [3.8, 4) is 0 Å². The van der Waals surface area contributed by atoms with Gasteiger partial charge in [0.1, 0.15) is 0 Å². The highest BCUT2D eigenvalue weighted by atomic mass is 32.1. The van der Waals surface area contributed by atoms with Gasteiger partial charge in [0.15, 0.2) is 0 Å². The van der Waals surface area contributed by atoms with E-state index in [0.717, 1.165) is 11.9 Å². The van der Waals surface area contributed by atoms with Crippen LogP contribution in [0.3, 0.4) is 0 Å². The summed E-state index contributed by atoms with van der Waals surface area (Å²) in [4.78, 5) is 4.44. The van der Waals surface area contributed by atoms with Crippen LogP contribution in [0.15, 0.2) is 23.7 Å². The number of aliphatic hydroxyl groups is 1. The van der Waals surface area contributed by atoms with E-state index in [-0.39, 0.29) is 12.6 Å². The molecule has 0 aromatic carbocycles. The van der Waals surface area contributed by atoms with Crippen LogP contribution in [0.1, 0.15) is 31.9 Å². The highest BCUT2D eigenvalue weighted by Gasteiger charge is 2.10. The summed E-state index contributed by atoms with van der Waals surface area (Å²) in [7, 11) is 0. The van der Waals surface area contributed by atoms with Crippen molar-refractivity contribution in [3.63, 3.8) is 0 Å². The van der Waals surface area contributed by atoms with Crippen molar-refractivity contribution in [1.29, 1.82) is 0 Å². The molecule has 2 rings (SSSR count). The topological polar surface area (TPSA) is 45.1 Å². The fourth-order valence-corrected chi connectivity index (χ4v) is 2.69. The first-order valence-electron chi connectivity index (χ1n) is 5.90. The molecule has 0 saturated heterocycles. The van der Waals surface area contributed by atoms with Crippen molar-refractivity contribution in [2.24, 2.45) is 0 Å². The molecule has 0 fully saturated rings. The lowest BCUT2D eigenvalue weighted by atomic mass is 10.1. The Bertz CT molecular complexity index is 483. The van der Waals surface area contributed by atoms with Crippen molar-refractivity contribution < 1.29 is 5.11 Å². The molecule has 2 N–H and O–H groups in total. The zero-order chi connectivity index (χ0) is 12.3. The van der Waals surface area contributed by atoms with Gasteiger partial charge in [-0.3, -0.25) is 4.98 Å². The van der Waals surface area contributed by atoms with E-state index in [1.54, 1.807) is 11.3 Å². The normalized spacial score (nSPS) is 15.0. The molecule has 2 aromatic heterocycles. The van der Waals surface area contributed by atoms with Crippen LogP contribution < -0.4 is 5.32 Å². The fraction of sp³-hybridized carbons (Fsp3) is 0.462. The van der Waals surface area contributed by atoms with Crippen molar-refractivity contribution in [3.05, 3.63) is 29.3 Å². The van der Waals surface area contributed by atoms with E-state index in [0.29, 0.717) is 6.04 Å². The van der Waals surface area contributed by atoms with Crippen molar-refractivity contribution in [2.45, 2.75) is 32.4 Å². The number of hydrogen-bond donors (Lipinski definition) is 2. The fourth-order valence-electron chi connectivity index (χ4n) is 1.90. The molecule has 0 spiro atoms. The van der Waals surface area contributed by atoms with Crippen LogP contribution in [0.4, 0.5) is 0 Å². The third kappa shape index (κ3) is 3.03. The molecule has 92 valence electrons. The number of rotatable bonds is 5. The Balaban J connectivity index is 2.09. The summed E-state index contributed by atoms with van der Waals surface area (Å²) in [6, 6.07) is 4.80. The molecule has 0 aliphatic rings. The molecule has 3 nitrogen and oxygen atoms in total. The minimum Gasteiger partial charge on any atom is -0.396 e. The predicted octanol–water partition coefficient (Wildman–Crippen LogP) is 2.72. The molecule has 0 amide bonds. The quantitative estimate of drug-likeness (QED) is 0.857. The molecule has 17 heavy (non-hydrogen) atoms. The number of thiophene rings is 1. The summed E-state index contributed by atoms with van der Waals surface area (Å²) in [6.07, 6.45) is 2.71. The predicted molar refractivity (Wildman–Crippen MR) is 72.3 cm³/mol. The number of pyridine rings is 1. The second-order valence-corrected chi connectivity index (χ2v) is 5.32. The summed E-state index contributed by atoms with van der Waals surface area (Å²) in [5.41, 5.74) is 2.26. The molecule has 0 aliphatic carbocycles. The van der Waals surface area contributed by atoms with Gasteiger partial charge >= 0.3 is 0 Å². The number of aromatic nitrogens is 1. The van der Waals surface area contributed by atoms with Gasteiger partial charge < -0.3 is 10.4 Å². The summed E-state index contributed by atoms with van der Waals surface area (Å²) in [5, 5.41) is 14.4. The average molecular weight is 250 g/mol. The SMILES string of the molecule is CC(N[C@H](C)CCO)c1cnc2ccsc2c1. The maximum Gasteiger partial charge on any atom is 0.0809 e. The maximum absolute atomic E-state index is 8.88. The Morgan fingerprint density at radius 2 is 2.29 bits per heavy atom. The van der Waals surface area contributed by atoms with Crippen LogP contribution in [0.2, 0.25) is 0 Å². The van der Waals surface area contributed by atoms with E-state index < -0.39 is 0 Å². The Labute approximate surface area is 106 Å². The first-order chi connectivity index (χ1) is 8.20. The summed E-state index contributed by atoms with van der Waals surface area (Å²) in [5.74, 6) is 0. The molecule has 2 aromatic rings. The number of fused-ring (bicyclic) bond motifs is 1. The highest BCUT2D eigenvalue weighted by Crippen LogP contribution is 2.22. The highest BCUT2D eigenvalue weighted by molar-refractivity contribution is 7.17. The van der Waals surface area contributed by atoms with Crippen LogP contribution in [0.5, 0.6) is 0 Å². The van der Waals surface area contributed by atoms with E-state index >= 15 is 0 Å². The number of nitrogens with zero attached hydrogens (tertiary/aromatic N) is 1. The molecule has 0 bridgehead atoms. The lowest BCUT2D eigenvalue weighted by molar-refractivity contribution is 0.264. The lowest BCUT2D eigenvalue weighted by Gasteiger charge is -2.19. The summed E-state index contributed by atoms with van der Waals surface area (Å²) in [6.45, 7) is 4.44. The zero-order valence-electron chi connectivity index (χ0n) is 10.2. The van der Waals surface area contributed by atoms with Crippen LogP contribution in [0, 0.1) is 0 Å². The van der Waals surface area contributed by atoms with E-state index in [9.17, 15) is 0 Å². The molecule has 2 atom stereocenters. The second kappa shape index (κ2) is 5.58. The molecule has 0 saturated carbocycles. The van der Waals surface area contributed by atoms with E-state index in [1.807, 2.05) is 12.3 Å². The van der Waals surface area contributed by atoms with Crippen molar-refractivity contribution >= 4 is 21.6 Å². The van der Waals surface area contributed by atoms with Gasteiger partial charge in [-0.15, -0.1) is 11.3 Å². The smallest absolute Gasteiger partial charge is 0.0809 e. The molecule has 4 heteroatoms. The van der Waals surface area contributed by atoms with Crippen LogP contribution >= 0.6 is 11.3 Å². The zero-order valence-corrected chi connectivity index (χ0v) is 11.0. The minimum absolute atomic E-state index is 0.225. The first-order valence-corrected chi connectivity index (χ1v) is 6.78. The average Bonchev–Trinajstić information content (AvgIpc) is 2.75. The Kier molecular flexibility index (Phi) is 4.10. The summed E-state index contributed by atoms with van der Waals surface area (Å²) < 4.78 is 1.23. The van der Waals surface area contributed by atoms with Crippen LogP contribution in [-0.4, -0.2) is 22.7 Å². The van der Waals surface area contributed by atoms with Crippen LogP contribution in [-0.2, 0) is 0 Å². The number of hydrogen-bond acceptors (Lipinski definition) is 4. The molecule has 1 unspecified atom stereocenters. The second-order valence-electron chi connectivity index (χ2n) is 4.37. The van der Waals surface area contributed by atoms with Gasteiger partial charge in [0.05, 0.1) is 10.2 Å². The van der Waals surface area contributed by atoms with Crippen LogP contribution in [0.25, 0.3) is 10.2 Å². The number of nitrogens with one attached hydrogen (secondary N) is 1. The maximum atomic E-state index is 8.88. The molecule has 2 heterocycles. The van der Waals surface area contributed by atoms with Gasteiger partial charge in [0, 0.05) is 24.9 Å². The van der Waals surface area contributed by atoms with Gasteiger partial charge in [-0.1, -0.05) is 0 Å².